The summed E-state index contributed by atoms with van der Waals surface area (Å²) < 4.78 is 4.76. The number of hydrogen-bond donors (Lipinski definition) is 0. The molecule has 1 aromatic rings. The normalized spacial score (nSPS) is 22.8. The van der Waals surface area contributed by atoms with Gasteiger partial charge in [-0.2, -0.15) is 0 Å². The van der Waals surface area contributed by atoms with Gasteiger partial charge in [-0.3, -0.25) is 14.9 Å². The van der Waals surface area contributed by atoms with E-state index >= 15 is 0 Å². The number of carbonyl (C=O) groups excluding carboxylic acids is 1. The van der Waals surface area contributed by atoms with Crippen LogP contribution in [-0.2, 0) is 9.53 Å². The first-order valence-corrected chi connectivity index (χ1v) is 6.44. The molecule has 1 aliphatic carbocycles. The molecule has 0 aromatic heterocycles. The summed E-state index contributed by atoms with van der Waals surface area (Å²) in [6.07, 6.45) is 3.51. The van der Waals surface area contributed by atoms with Crippen molar-refractivity contribution in [3.05, 3.63) is 39.9 Å². The number of esters is 1. The van der Waals surface area contributed by atoms with Crippen LogP contribution in [0.15, 0.2) is 24.3 Å². The molecule has 0 aliphatic heterocycles. The molecule has 102 valence electrons. The van der Waals surface area contributed by atoms with Gasteiger partial charge in [-0.05, 0) is 37.2 Å². The maximum atomic E-state index is 11.4. The van der Waals surface area contributed by atoms with Crippen LogP contribution in [0.2, 0.25) is 0 Å². The second-order valence-electron chi connectivity index (χ2n) is 4.92. The zero-order chi connectivity index (χ0) is 13.8. The summed E-state index contributed by atoms with van der Waals surface area (Å²) in [5, 5.41) is 10.6. The minimum absolute atomic E-state index is 0.0132. The van der Waals surface area contributed by atoms with Crippen LogP contribution in [0, 0.1) is 16.0 Å². The molecule has 1 fully saturated rings. The van der Waals surface area contributed by atoms with Crippen LogP contribution >= 0.6 is 0 Å². The lowest BCUT2D eigenvalue weighted by Crippen LogP contribution is -2.22. The van der Waals surface area contributed by atoms with Gasteiger partial charge in [-0.25, -0.2) is 0 Å². The highest BCUT2D eigenvalue weighted by Gasteiger charge is 2.27. The summed E-state index contributed by atoms with van der Waals surface area (Å²) in [7, 11) is 1.42. The number of nitro benzene ring substituents is 1. The first-order valence-electron chi connectivity index (χ1n) is 6.44. The van der Waals surface area contributed by atoms with E-state index < -0.39 is 4.92 Å². The van der Waals surface area contributed by atoms with Gasteiger partial charge in [-0.1, -0.05) is 12.1 Å². The molecule has 0 spiro atoms. The molecule has 0 atom stereocenters. The standard InChI is InChI=1S/C14H17NO4/c1-19-14(16)12-4-2-10(3-5-12)11-6-8-13(9-7-11)15(17)18/h6-10,12H,2-5H2,1H3/t10-,12-. The molecule has 1 saturated carbocycles. The molecule has 0 bridgehead atoms. The molecule has 0 saturated heterocycles. The highest BCUT2D eigenvalue weighted by atomic mass is 16.6. The van der Waals surface area contributed by atoms with Crippen LogP contribution < -0.4 is 0 Å². The summed E-state index contributed by atoms with van der Waals surface area (Å²) in [6, 6.07) is 6.73. The minimum atomic E-state index is -0.391. The van der Waals surface area contributed by atoms with Crippen molar-refractivity contribution in [3.8, 4) is 0 Å². The van der Waals surface area contributed by atoms with Crippen LogP contribution in [0.1, 0.15) is 37.2 Å². The van der Waals surface area contributed by atoms with E-state index in [1.165, 1.54) is 7.11 Å². The van der Waals surface area contributed by atoms with Gasteiger partial charge in [0.1, 0.15) is 0 Å². The number of benzene rings is 1. The topological polar surface area (TPSA) is 69.4 Å². The first kappa shape index (κ1) is 13.5. The molecule has 2 rings (SSSR count). The van der Waals surface area contributed by atoms with Crippen molar-refractivity contribution >= 4 is 11.7 Å². The molecular weight excluding hydrogens is 246 g/mol. The quantitative estimate of drug-likeness (QED) is 0.477. The van der Waals surface area contributed by atoms with Gasteiger partial charge in [0.25, 0.3) is 5.69 Å². The number of rotatable bonds is 3. The van der Waals surface area contributed by atoms with E-state index in [0.29, 0.717) is 5.92 Å². The highest BCUT2D eigenvalue weighted by molar-refractivity contribution is 5.72. The Labute approximate surface area is 111 Å². The molecule has 0 amide bonds. The Morgan fingerprint density at radius 1 is 1.21 bits per heavy atom. The highest BCUT2D eigenvalue weighted by Crippen LogP contribution is 2.36. The molecular formula is C14H17NO4. The zero-order valence-corrected chi connectivity index (χ0v) is 10.9. The Bertz CT molecular complexity index is 461. The van der Waals surface area contributed by atoms with E-state index in [4.69, 9.17) is 4.74 Å². The minimum Gasteiger partial charge on any atom is -0.469 e. The maximum Gasteiger partial charge on any atom is 0.308 e. The van der Waals surface area contributed by atoms with Crippen LogP contribution in [0.3, 0.4) is 0 Å². The fourth-order valence-corrected chi connectivity index (χ4v) is 2.70. The average Bonchev–Trinajstić information content (AvgIpc) is 2.46. The van der Waals surface area contributed by atoms with Crippen LogP contribution in [0.25, 0.3) is 0 Å². The molecule has 5 heteroatoms. The number of hydrogen-bond acceptors (Lipinski definition) is 4. The molecule has 0 heterocycles. The van der Waals surface area contributed by atoms with Crippen molar-refractivity contribution in [3.63, 3.8) is 0 Å². The van der Waals surface area contributed by atoms with Crippen molar-refractivity contribution in [1.29, 1.82) is 0 Å². The Kier molecular flexibility index (Phi) is 4.14. The lowest BCUT2D eigenvalue weighted by atomic mass is 9.79. The summed E-state index contributed by atoms with van der Waals surface area (Å²) in [5.41, 5.74) is 1.24. The number of ether oxygens (including phenoxy) is 1. The van der Waals surface area contributed by atoms with Gasteiger partial charge in [0.2, 0.25) is 0 Å². The van der Waals surface area contributed by atoms with Gasteiger partial charge in [0, 0.05) is 12.1 Å². The SMILES string of the molecule is COC(=O)[C@H]1CC[C@H](c2ccc([N+](=O)[O-])cc2)CC1. The molecule has 0 N–H and O–H groups in total. The Morgan fingerprint density at radius 3 is 2.26 bits per heavy atom. The molecule has 0 radical (unpaired) electrons. The summed E-state index contributed by atoms with van der Waals surface area (Å²) in [5.74, 6) is 0.281. The van der Waals surface area contributed by atoms with Gasteiger partial charge >= 0.3 is 5.97 Å². The number of nitrogens with zero attached hydrogens (tertiary/aromatic N) is 1. The van der Waals surface area contributed by atoms with Crippen molar-refractivity contribution in [1.82, 2.24) is 0 Å². The van der Waals surface area contributed by atoms with Crippen molar-refractivity contribution in [2.45, 2.75) is 31.6 Å². The monoisotopic (exact) mass is 263 g/mol. The van der Waals surface area contributed by atoms with Crippen LogP contribution in [0.4, 0.5) is 5.69 Å². The molecule has 1 aromatic carbocycles. The van der Waals surface area contributed by atoms with Gasteiger partial charge in [0.15, 0.2) is 0 Å². The molecule has 0 unspecified atom stereocenters. The van der Waals surface area contributed by atoms with E-state index in [0.717, 1.165) is 31.2 Å². The second kappa shape index (κ2) is 5.82. The Balaban J connectivity index is 1.97. The lowest BCUT2D eigenvalue weighted by Gasteiger charge is -2.27. The predicted molar refractivity (Wildman–Crippen MR) is 69.8 cm³/mol. The summed E-state index contributed by atoms with van der Waals surface area (Å²) in [4.78, 5) is 21.6. The first-order chi connectivity index (χ1) is 9.11. The van der Waals surface area contributed by atoms with E-state index in [-0.39, 0.29) is 17.6 Å². The van der Waals surface area contributed by atoms with Gasteiger partial charge in [-0.15, -0.1) is 0 Å². The number of methoxy groups -OCH3 is 1. The molecule has 5 nitrogen and oxygen atoms in total. The van der Waals surface area contributed by atoms with E-state index in [1.54, 1.807) is 12.1 Å². The van der Waals surface area contributed by atoms with Crippen LogP contribution in [-0.4, -0.2) is 18.0 Å². The molecule has 19 heavy (non-hydrogen) atoms. The lowest BCUT2D eigenvalue weighted by molar-refractivity contribution is -0.384. The van der Waals surface area contributed by atoms with Gasteiger partial charge in [0.05, 0.1) is 18.0 Å². The fourth-order valence-electron chi connectivity index (χ4n) is 2.70. The van der Waals surface area contributed by atoms with Crippen LogP contribution in [0.5, 0.6) is 0 Å². The third-order valence-corrected chi connectivity index (χ3v) is 3.84. The average molecular weight is 263 g/mol. The van der Waals surface area contributed by atoms with Crippen molar-refractivity contribution in [2.24, 2.45) is 5.92 Å². The number of non-ortho nitro benzene ring substituents is 1. The smallest absolute Gasteiger partial charge is 0.308 e. The van der Waals surface area contributed by atoms with Crippen molar-refractivity contribution < 1.29 is 14.5 Å². The van der Waals surface area contributed by atoms with Crippen molar-refractivity contribution in [2.75, 3.05) is 7.11 Å². The third kappa shape index (κ3) is 3.10. The second-order valence-corrected chi connectivity index (χ2v) is 4.92. The Morgan fingerprint density at radius 2 is 1.79 bits per heavy atom. The number of nitro groups is 1. The summed E-state index contributed by atoms with van der Waals surface area (Å²) >= 11 is 0. The summed E-state index contributed by atoms with van der Waals surface area (Å²) in [6.45, 7) is 0. The van der Waals surface area contributed by atoms with Gasteiger partial charge < -0.3 is 4.74 Å². The third-order valence-electron chi connectivity index (χ3n) is 3.84. The zero-order valence-electron chi connectivity index (χ0n) is 10.9. The maximum absolute atomic E-state index is 11.4. The van der Waals surface area contributed by atoms with E-state index in [9.17, 15) is 14.9 Å². The number of carbonyl (C=O) groups is 1. The largest absolute Gasteiger partial charge is 0.469 e. The predicted octanol–water partition coefficient (Wildman–Crippen LogP) is 3.04. The molecule has 1 aliphatic rings. The van der Waals surface area contributed by atoms with E-state index in [2.05, 4.69) is 0 Å². The fraction of sp³-hybridized carbons (Fsp3) is 0.500. The van der Waals surface area contributed by atoms with E-state index in [1.807, 2.05) is 12.1 Å². The Hall–Kier alpha value is -1.91.